The lowest BCUT2D eigenvalue weighted by Gasteiger charge is -2.10. The molecule has 2 aromatic carbocycles. The number of hydrogen-bond donors (Lipinski definition) is 1. The first kappa shape index (κ1) is 14.4. The van der Waals surface area contributed by atoms with Crippen LogP contribution in [-0.2, 0) is 6.54 Å². The maximum absolute atomic E-state index is 8.72. The molecular weight excluding hydrogens is 292 g/mol. The monoisotopic (exact) mass is 306 g/mol. The molecular formula is C17H14N4S. The second-order valence-electron chi connectivity index (χ2n) is 4.66. The molecule has 108 valence electrons. The van der Waals surface area contributed by atoms with Crippen LogP contribution >= 0.6 is 11.8 Å². The SMILES string of the molecule is N#CCSc1nc(NCc2ccccc2)c2ccccc2n1. The van der Waals surface area contributed by atoms with Crippen molar-refractivity contribution in [3.8, 4) is 6.07 Å². The zero-order chi connectivity index (χ0) is 15.2. The predicted molar refractivity (Wildman–Crippen MR) is 89.6 cm³/mol. The number of rotatable bonds is 5. The minimum Gasteiger partial charge on any atom is -0.365 e. The molecule has 1 N–H and O–H groups in total. The summed E-state index contributed by atoms with van der Waals surface area (Å²) in [6, 6.07) is 20.2. The lowest BCUT2D eigenvalue weighted by Crippen LogP contribution is -2.04. The van der Waals surface area contributed by atoms with Crippen LogP contribution in [0.15, 0.2) is 59.8 Å². The average Bonchev–Trinajstić information content (AvgIpc) is 2.58. The third kappa shape index (κ3) is 3.35. The summed E-state index contributed by atoms with van der Waals surface area (Å²) in [7, 11) is 0. The maximum Gasteiger partial charge on any atom is 0.191 e. The minimum absolute atomic E-state index is 0.344. The molecule has 0 amide bonds. The third-order valence-corrected chi connectivity index (χ3v) is 3.87. The first-order valence-electron chi connectivity index (χ1n) is 6.91. The lowest BCUT2D eigenvalue weighted by atomic mass is 10.2. The Bertz CT molecular complexity index is 812. The van der Waals surface area contributed by atoms with Crippen molar-refractivity contribution in [3.63, 3.8) is 0 Å². The van der Waals surface area contributed by atoms with E-state index in [0.717, 1.165) is 16.7 Å². The summed E-state index contributed by atoms with van der Waals surface area (Å²) in [6.07, 6.45) is 0. The van der Waals surface area contributed by atoms with Crippen LogP contribution in [0.2, 0.25) is 0 Å². The molecule has 0 bridgehead atoms. The van der Waals surface area contributed by atoms with Gasteiger partial charge in [0.15, 0.2) is 5.16 Å². The van der Waals surface area contributed by atoms with Gasteiger partial charge in [-0.25, -0.2) is 9.97 Å². The average molecular weight is 306 g/mol. The highest BCUT2D eigenvalue weighted by molar-refractivity contribution is 7.99. The van der Waals surface area contributed by atoms with Crippen LogP contribution in [0.4, 0.5) is 5.82 Å². The summed E-state index contributed by atoms with van der Waals surface area (Å²) >= 11 is 1.35. The summed E-state index contributed by atoms with van der Waals surface area (Å²) in [5, 5.41) is 13.7. The van der Waals surface area contributed by atoms with E-state index in [1.807, 2.05) is 42.5 Å². The number of nitriles is 1. The van der Waals surface area contributed by atoms with Crippen LogP contribution < -0.4 is 5.32 Å². The highest BCUT2D eigenvalue weighted by atomic mass is 32.2. The van der Waals surface area contributed by atoms with Crippen molar-refractivity contribution in [2.45, 2.75) is 11.7 Å². The Morgan fingerprint density at radius 1 is 1.00 bits per heavy atom. The van der Waals surface area contributed by atoms with E-state index in [2.05, 4.69) is 33.5 Å². The Morgan fingerprint density at radius 2 is 1.77 bits per heavy atom. The normalized spacial score (nSPS) is 10.3. The quantitative estimate of drug-likeness (QED) is 0.573. The number of thioether (sulfide) groups is 1. The number of aromatic nitrogens is 2. The van der Waals surface area contributed by atoms with Gasteiger partial charge in [-0.15, -0.1) is 0 Å². The van der Waals surface area contributed by atoms with Crippen LogP contribution in [0.1, 0.15) is 5.56 Å². The predicted octanol–water partition coefficient (Wildman–Crippen LogP) is 3.86. The van der Waals surface area contributed by atoms with E-state index in [1.54, 1.807) is 0 Å². The van der Waals surface area contributed by atoms with E-state index in [9.17, 15) is 0 Å². The molecule has 3 rings (SSSR count). The molecule has 0 unspecified atom stereocenters. The highest BCUT2D eigenvalue weighted by Gasteiger charge is 2.07. The molecule has 5 heteroatoms. The number of benzene rings is 2. The molecule has 1 aromatic heterocycles. The Balaban J connectivity index is 1.90. The van der Waals surface area contributed by atoms with Gasteiger partial charge in [-0.3, -0.25) is 0 Å². The van der Waals surface area contributed by atoms with Gasteiger partial charge in [-0.05, 0) is 17.7 Å². The first-order chi connectivity index (χ1) is 10.9. The van der Waals surface area contributed by atoms with Gasteiger partial charge in [0, 0.05) is 11.9 Å². The minimum atomic E-state index is 0.344. The van der Waals surface area contributed by atoms with E-state index in [0.29, 0.717) is 17.5 Å². The molecule has 0 aliphatic rings. The van der Waals surface area contributed by atoms with Crippen molar-refractivity contribution in [2.75, 3.05) is 11.1 Å². The van der Waals surface area contributed by atoms with E-state index in [-0.39, 0.29) is 0 Å². The number of nitrogens with zero attached hydrogens (tertiary/aromatic N) is 3. The molecule has 0 aliphatic carbocycles. The number of nitrogens with one attached hydrogen (secondary N) is 1. The fourth-order valence-corrected chi connectivity index (χ4v) is 2.65. The van der Waals surface area contributed by atoms with Crippen molar-refractivity contribution in [2.24, 2.45) is 0 Å². The lowest BCUT2D eigenvalue weighted by molar-refractivity contribution is 0.987. The van der Waals surface area contributed by atoms with E-state index < -0.39 is 0 Å². The molecule has 0 radical (unpaired) electrons. The summed E-state index contributed by atoms with van der Waals surface area (Å²) in [5.74, 6) is 1.14. The second kappa shape index (κ2) is 6.92. The van der Waals surface area contributed by atoms with Crippen molar-refractivity contribution < 1.29 is 0 Å². The fraction of sp³-hybridized carbons (Fsp3) is 0.118. The largest absolute Gasteiger partial charge is 0.365 e. The van der Waals surface area contributed by atoms with Gasteiger partial charge in [0.2, 0.25) is 0 Å². The van der Waals surface area contributed by atoms with Gasteiger partial charge in [0.05, 0.1) is 17.3 Å². The number of anilines is 1. The molecule has 0 saturated carbocycles. The van der Waals surface area contributed by atoms with Crippen molar-refractivity contribution >= 4 is 28.5 Å². The standard InChI is InChI=1S/C17H14N4S/c18-10-11-22-17-20-15-9-5-4-8-14(15)16(21-17)19-12-13-6-2-1-3-7-13/h1-9H,11-12H2,(H,19,20,21). The van der Waals surface area contributed by atoms with Gasteiger partial charge in [-0.2, -0.15) is 5.26 Å². The smallest absolute Gasteiger partial charge is 0.191 e. The summed E-state index contributed by atoms with van der Waals surface area (Å²) < 4.78 is 0. The molecule has 1 heterocycles. The molecule has 0 fully saturated rings. The van der Waals surface area contributed by atoms with Gasteiger partial charge in [0.25, 0.3) is 0 Å². The molecule has 3 aromatic rings. The number of para-hydroxylation sites is 1. The fourth-order valence-electron chi connectivity index (χ4n) is 2.13. The van der Waals surface area contributed by atoms with Crippen LogP contribution in [0.25, 0.3) is 10.9 Å². The number of hydrogen-bond acceptors (Lipinski definition) is 5. The highest BCUT2D eigenvalue weighted by Crippen LogP contribution is 2.24. The zero-order valence-electron chi connectivity index (χ0n) is 11.9. The summed E-state index contributed by atoms with van der Waals surface area (Å²) in [5.41, 5.74) is 2.07. The molecule has 0 spiro atoms. The molecule has 0 saturated heterocycles. The molecule has 4 nitrogen and oxygen atoms in total. The van der Waals surface area contributed by atoms with Crippen LogP contribution in [0.5, 0.6) is 0 Å². The van der Waals surface area contributed by atoms with Crippen molar-refractivity contribution in [1.82, 2.24) is 9.97 Å². The maximum atomic E-state index is 8.72. The van der Waals surface area contributed by atoms with Gasteiger partial charge < -0.3 is 5.32 Å². The van der Waals surface area contributed by atoms with Crippen LogP contribution in [0, 0.1) is 11.3 Å². The second-order valence-corrected chi connectivity index (χ2v) is 5.60. The van der Waals surface area contributed by atoms with Gasteiger partial charge >= 0.3 is 0 Å². The third-order valence-electron chi connectivity index (χ3n) is 3.15. The van der Waals surface area contributed by atoms with E-state index >= 15 is 0 Å². The van der Waals surface area contributed by atoms with Gasteiger partial charge in [-0.1, -0.05) is 54.2 Å². The van der Waals surface area contributed by atoms with Crippen LogP contribution in [-0.4, -0.2) is 15.7 Å². The first-order valence-corrected chi connectivity index (χ1v) is 7.90. The number of fused-ring (bicyclic) bond motifs is 1. The molecule has 0 aliphatic heterocycles. The van der Waals surface area contributed by atoms with Gasteiger partial charge in [0.1, 0.15) is 5.82 Å². The Hall–Kier alpha value is -2.58. The summed E-state index contributed by atoms with van der Waals surface area (Å²) in [6.45, 7) is 0.699. The van der Waals surface area contributed by atoms with E-state index in [1.165, 1.54) is 17.3 Å². The van der Waals surface area contributed by atoms with Crippen molar-refractivity contribution in [1.29, 1.82) is 5.26 Å². The van der Waals surface area contributed by atoms with Crippen molar-refractivity contribution in [3.05, 3.63) is 60.2 Å². The zero-order valence-corrected chi connectivity index (χ0v) is 12.7. The topological polar surface area (TPSA) is 61.6 Å². The van der Waals surface area contributed by atoms with Crippen LogP contribution in [0.3, 0.4) is 0 Å². The Morgan fingerprint density at radius 3 is 2.59 bits per heavy atom. The summed E-state index contributed by atoms with van der Waals surface area (Å²) in [4.78, 5) is 9.03. The molecule has 0 atom stereocenters. The van der Waals surface area contributed by atoms with E-state index in [4.69, 9.17) is 5.26 Å². The Labute approximate surface area is 133 Å². The Kier molecular flexibility index (Phi) is 4.52. The molecule has 22 heavy (non-hydrogen) atoms.